The Morgan fingerprint density at radius 1 is 1.24 bits per heavy atom. The van der Waals surface area contributed by atoms with Gasteiger partial charge in [0, 0.05) is 4.47 Å². The average Bonchev–Trinajstić information content (AvgIpc) is 2.64. The topological polar surface area (TPSA) is 26.0 Å². The highest BCUT2D eigenvalue weighted by atomic mass is 79.9. The molecule has 0 unspecified atom stereocenters. The molecule has 1 aliphatic rings. The van der Waals surface area contributed by atoms with Crippen molar-refractivity contribution < 1.29 is 4.39 Å². The number of hydrogen-bond donors (Lipinski definition) is 1. The molecule has 17 heavy (non-hydrogen) atoms. The van der Waals surface area contributed by atoms with Crippen molar-refractivity contribution >= 4 is 33.2 Å². The zero-order valence-corrected chi connectivity index (χ0v) is 11.1. The summed E-state index contributed by atoms with van der Waals surface area (Å²) in [7, 11) is 0. The van der Waals surface area contributed by atoms with Crippen LogP contribution in [0.2, 0.25) is 5.02 Å². The predicted octanol–water partition coefficient (Wildman–Crippen LogP) is 4.40. The van der Waals surface area contributed by atoms with Crippen molar-refractivity contribution in [3.63, 3.8) is 0 Å². The van der Waals surface area contributed by atoms with Crippen LogP contribution >= 0.6 is 27.5 Å². The van der Waals surface area contributed by atoms with Gasteiger partial charge in [-0.3, -0.25) is 0 Å². The van der Waals surface area contributed by atoms with Crippen molar-refractivity contribution in [1.82, 2.24) is 0 Å². The lowest BCUT2D eigenvalue weighted by Crippen LogP contribution is -1.93. The molecule has 86 valence electrons. The van der Waals surface area contributed by atoms with Crippen molar-refractivity contribution in [3.8, 4) is 11.1 Å². The summed E-state index contributed by atoms with van der Waals surface area (Å²) < 4.78 is 14.0. The average molecular weight is 313 g/mol. The molecule has 0 saturated heterocycles. The third-order valence-corrected chi connectivity index (χ3v) is 4.30. The fourth-order valence-corrected chi connectivity index (χ4v) is 3.14. The van der Waals surface area contributed by atoms with Crippen molar-refractivity contribution in [3.05, 3.63) is 50.7 Å². The van der Waals surface area contributed by atoms with Gasteiger partial charge >= 0.3 is 0 Å². The molecule has 0 saturated carbocycles. The smallest absolute Gasteiger partial charge is 0.123 e. The number of halogens is 3. The number of fused-ring (bicyclic) bond motifs is 3. The molecule has 0 spiro atoms. The van der Waals surface area contributed by atoms with E-state index in [1.807, 2.05) is 6.07 Å². The second kappa shape index (κ2) is 3.72. The first-order chi connectivity index (χ1) is 8.08. The first kappa shape index (κ1) is 11.1. The summed E-state index contributed by atoms with van der Waals surface area (Å²) >= 11 is 9.52. The lowest BCUT2D eigenvalue weighted by atomic mass is 10.1. The maximum absolute atomic E-state index is 13.2. The molecule has 0 fully saturated rings. The minimum Gasteiger partial charge on any atom is -0.397 e. The van der Waals surface area contributed by atoms with E-state index in [0.29, 0.717) is 17.1 Å². The van der Waals surface area contributed by atoms with E-state index in [9.17, 15) is 4.39 Å². The molecule has 0 atom stereocenters. The Balaban J connectivity index is 2.30. The van der Waals surface area contributed by atoms with Gasteiger partial charge in [-0.15, -0.1) is 0 Å². The normalized spacial score (nSPS) is 12.4. The van der Waals surface area contributed by atoms with Crippen molar-refractivity contribution in [2.45, 2.75) is 6.42 Å². The number of benzene rings is 2. The third kappa shape index (κ3) is 1.57. The summed E-state index contributed by atoms with van der Waals surface area (Å²) in [5, 5.41) is 0.521. The SMILES string of the molecule is Nc1c(Cl)cc2c(c1Br)Cc1cc(F)ccc1-2. The van der Waals surface area contributed by atoms with Gasteiger partial charge in [0.15, 0.2) is 0 Å². The fraction of sp³-hybridized carbons (Fsp3) is 0.0769. The minimum absolute atomic E-state index is 0.216. The lowest BCUT2D eigenvalue weighted by Gasteiger charge is -2.08. The highest BCUT2D eigenvalue weighted by molar-refractivity contribution is 9.10. The highest BCUT2D eigenvalue weighted by Gasteiger charge is 2.23. The van der Waals surface area contributed by atoms with E-state index in [0.717, 1.165) is 26.7 Å². The molecule has 3 rings (SSSR count). The Kier molecular flexibility index (Phi) is 2.42. The molecular formula is C13H8BrClFN. The first-order valence-electron chi connectivity index (χ1n) is 5.13. The monoisotopic (exact) mass is 311 g/mol. The number of anilines is 1. The number of nitrogen functional groups attached to an aromatic ring is 1. The van der Waals surface area contributed by atoms with Crippen LogP contribution < -0.4 is 5.73 Å². The third-order valence-electron chi connectivity index (χ3n) is 3.08. The number of rotatable bonds is 0. The van der Waals surface area contributed by atoms with Crippen molar-refractivity contribution in [1.29, 1.82) is 0 Å². The van der Waals surface area contributed by atoms with E-state index in [1.165, 1.54) is 6.07 Å². The fourth-order valence-electron chi connectivity index (χ4n) is 2.25. The molecule has 0 aromatic heterocycles. The van der Waals surface area contributed by atoms with Crippen LogP contribution in [0.4, 0.5) is 10.1 Å². The molecule has 4 heteroatoms. The molecular weight excluding hydrogens is 305 g/mol. The molecule has 1 nitrogen and oxygen atoms in total. The maximum atomic E-state index is 13.2. The summed E-state index contributed by atoms with van der Waals surface area (Å²) in [4.78, 5) is 0. The van der Waals surface area contributed by atoms with E-state index < -0.39 is 0 Å². The zero-order valence-electron chi connectivity index (χ0n) is 8.73. The number of hydrogen-bond acceptors (Lipinski definition) is 1. The molecule has 2 aromatic carbocycles. The van der Waals surface area contributed by atoms with Crippen molar-refractivity contribution in [2.24, 2.45) is 0 Å². The number of nitrogens with two attached hydrogens (primary N) is 1. The summed E-state index contributed by atoms with van der Waals surface area (Å²) in [5.41, 5.74) is 10.5. The summed E-state index contributed by atoms with van der Waals surface area (Å²) in [6, 6.07) is 6.66. The minimum atomic E-state index is -0.216. The molecule has 0 heterocycles. The van der Waals surface area contributed by atoms with Crippen LogP contribution in [-0.2, 0) is 6.42 Å². The van der Waals surface area contributed by atoms with E-state index >= 15 is 0 Å². The van der Waals surface area contributed by atoms with Crippen molar-refractivity contribution in [2.75, 3.05) is 5.73 Å². The molecule has 0 amide bonds. The molecule has 0 aliphatic heterocycles. The Bertz CT molecular complexity index is 640. The summed E-state index contributed by atoms with van der Waals surface area (Å²) in [5.74, 6) is -0.216. The van der Waals surface area contributed by atoms with Gasteiger partial charge in [0.1, 0.15) is 5.82 Å². The van der Waals surface area contributed by atoms with E-state index in [4.69, 9.17) is 17.3 Å². The van der Waals surface area contributed by atoms with Crippen LogP contribution in [0.5, 0.6) is 0 Å². The maximum Gasteiger partial charge on any atom is 0.123 e. The quantitative estimate of drug-likeness (QED) is 0.612. The standard InChI is InChI=1S/C13H8BrClFN/c14-12-10-4-6-3-7(16)1-2-8(6)9(10)5-11(15)13(12)17/h1-3,5H,4,17H2. The Morgan fingerprint density at radius 2 is 2.00 bits per heavy atom. The van der Waals surface area contributed by atoms with Crippen LogP contribution in [-0.4, -0.2) is 0 Å². The lowest BCUT2D eigenvalue weighted by molar-refractivity contribution is 0.626. The van der Waals surface area contributed by atoms with Gasteiger partial charge in [-0.1, -0.05) is 17.7 Å². The Morgan fingerprint density at radius 3 is 2.76 bits per heavy atom. The van der Waals surface area contributed by atoms with Crippen LogP contribution in [0.15, 0.2) is 28.7 Å². The second-order valence-electron chi connectivity index (χ2n) is 4.09. The van der Waals surface area contributed by atoms with Gasteiger partial charge in [-0.05, 0) is 62.8 Å². The van der Waals surface area contributed by atoms with Gasteiger partial charge in [0.05, 0.1) is 10.7 Å². The molecule has 2 N–H and O–H groups in total. The summed E-state index contributed by atoms with van der Waals surface area (Å²) in [6.45, 7) is 0. The van der Waals surface area contributed by atoms with E-state index in [-0.39, 0.29) is 5.82 Å². The van der Waals surface area contributed by atoms with Crippen LogP contribution in [0, 0.1) is 5.82 Å². The van der Waals surface area contributed by atoms with Crippen LogP contribution in [0.25, 0.3) is 11.1 Å². The van der Waals surface area contributed by atoms with Gasteiger partial charge in [-0.2, -0.15) is 0 Å². The van der Waals surface area contributed by atoms with E-state index in [2.05, 4.69) is 15.9 Å². The molecule has 1 aliphatic carbocycles. The van der Waals surface area contributed by atoms with Gasteiger partial charge in [0.25, 0.3) is 0 Å². The summed E-state index contributed by atoms with van der Waals surface area (Å²) in [6.07, 6.45) is 0.685. The van der Waals surface area contributed by atoms with Gasteiger partial charge < -0.3 is 5.73 Å². The highest BCUT2D eigenvalue weighted by Crippen LogP contribution is 2.45. The van der Waals surface area contributed by atoms with Crippen LogP contribution in [0.3, 0.4) is 0 Å². The largest absolute Gasteiger partial charge is 0.397 e. The Hall–Kier alpha value is -1.06. The second-order valence-corrected chi connectivity index (χ2v) is 5.29. The van der Waals surface area contributed by atoms with E-state index in [1.54, 1.807) is 12.1 Å². The molecule has 0 radical (unpaired) electrons. The van der Waals surface area contributed by atoms with Gasteiger partial charge in [0.2, 0.25) is 0 Å². The zero-order chi connectivity index (χ0) is 12.2. The molecule has 2 aromatic rings. The first-order valence-corrected chi connectivity index (χ1v) is 6.30. The predicted molar refractivity (Wildman–Crippen MR) is 71.8 cm³/mol. The van der Waals surface area contributed by atoms with Gasteiger partial charge in [-0.25, -0.2) is 4.39 Å². The Labute approximate surface area is 112 Å². The molecule has 0 bridgehead atoms. The van der Waals surface area contributed by atoms with Crippen LogP contribution in [0.1, 0.15) is 11.1 Å².